The first-order valence-corrected chi connectivity index (χ1v) is 11.7. The molecule has 1 fully saturated rings. The van der Waals surface area contributed by atoms with Crippen molar-refractivity contribution in [3.05, 3.63) is 59.7 Å². The van der Waals surface area contributed by atoms with Crippen LogP contribution < -0.4 is 15.5 Å². The van der Waals surface area contributed by atoms with E-state index in [4.69, 9.17) is 0 Å². The zero-order valence-corrected chi connectivity index (χ0v) is 19.4. The van der Waals surface area contributed by atoms with E-state index in [0.717, 1.165) is 43.0 Å². The number of hydrogen-bond acceptors (Lipinski definition) is 5. The summed E-state index contributed by atoms with van der Waals surface area (Å²) in [5, 5.41) is 5.60. The Balaban J connectivity index is 1.46. The minimum absolute atomic E-state index is 0.0543. The van der Waals surface area contributed by atoms with Gasteiger partial charge in [-0.3, -0.25) is 9.59 Å². The van der Waals surface area contributed by atoms with Crippen molar-refractivity contribution in [2.75, 3.05) is 49.2 Å². The number of carbonyl (C=O) groups is 2. The number of aryl methyl sites for hydroxylation is 1. The normalized spacial score (nSPS) is 15.4. The van der Waals surface area contributed by atoms with Crippen molar-refractivity contribution >= 4 is 35.0 Å². The summed E-state index contributed by atoms with van der Waals surface area (Å²) in [4.78, 5) is 29.5. The van der Waals surface area contributed by atoms with Gasteiger partial charge in [-0.2, -0.15) is 0 Å². The fourth-order valence-corrected chi connectivity index (χ4v) is 4.16. The first-order valence-electron chi connectivity index (χ1n) is 10.7. The van der Waals surface area contributed by atoms with Gasteiger partial charge in [0.2, 0.25) is 11.8 Å². The molecule has 0 bridgehead atoms. The second kappa shape index (κ2) is 11.2. The second-order valence-corrected chi connectivity index (χ2v) is 9.33. The lowest BCUT2D eigenvalue weighted by atomic mass is 10.1. The lowest BCUT2D eigenvalue weighted by molar-refractivity contribution is -0.120. The second-order valence-electron chi connectivity index (χ2n) is 8.00. The van der Waals surface area contributed by atoms with Crippen molar-refractivity contribution in [3.8, 4) is 0 Å². The minimum Gasteiger partial charge on any atom is -0.369 e. The van der Waals surface area contributed by atoms with Gasteiger partial charge in [-0.1, -0.05) is 35.9 Å². The van der Waals surface area contributed by atoms with Crippen LogP contribution in [0, 0.1) is 6.92 Å². The number of carbonyl (C=O) groups excluding carboxylic acids is 2. The Bertz CT molecular complexity index is 879. The lowest BCUT2D eigenvalue weighted by Crippen LogP contribution is -2.45. The van der Waals surface area contributed by atoms with Gasteiger partial charge in [0.15, 0.2) is 0 Å². The summed E-state index contributed by atoms with van der Waals surface area (Å²) >= 11 is 1.34. The molecule has 2 aromatic carbocycles. The minimum atomic E-state index is -0.306. The molecular formula is C24H32N4O2S. The van der Waals surface area contributed by atoms with Gasteiger partial charge in [0, 0.05) is 44.1 Å². The maximum atomic E-state index is 12.6. The van der Waals surface area contributed by atoms with Crippen LogP contribution >= 0.6 is 11.8 Å². The average Bonchev–Trinajstić information content (AvgIpc) is 2.78. The molecule has 1 heterocycles. The molecule has 1 aliphatic heterocycles. The van der Waals surface area contributed by atoms with Gasteiger partial charge in [0.1, 0.15) is 0 Å². The fourth-order valence-electron chi connectivity index (χ4n) is 3.45. The lowest BCUT2D eigenvalue weighted by Gasteiger charge is -2.35. The number of likely N-dealkylation sites (N-methyl/N-ethyl adjacent to an activating group) is 1. The van der Waals surface area contributed by atoms with Crippen LogP contribution in [0.2, 0.25) is 0 Å². The summed E-state index contributed by atoms with van der Waals surface area (Å²) < 4.78 is 0. The van der Waals surface area contributed by atoms with E-state index in [1.165, 1.54) is 17.4 Å². The van der Waals surface area contributed by atoms with Gasteiger partial charge in [-0.15, -0.1) is 11.8 Å². The number of amides is 2. The van der Waals surface area contributed by atoms with E-state index in [0.29, 0.717) is 6.54 Å². The molecule has 6 nitrogen and oxygen atoms in total. The van der Waals surface area contributed by atoms with E-state index in [-0.39, 0.29) is 22.8 Å². The van der Waals surface area contributed by atoms with E-state index < -0.39 is 0 Å². The van der Waals surface area contributed by atoms with E-state index >= 15 is 0 Å². The van der Waals surface area contributed by atoms with Crippen LogP contribution in [0.25, 0.3) is 0 Å². The summed E-state index contributed by atoms with van der Waals surface area (Å²) in [5.41, 5.74) is 4.23. The number of anilines is 2. The molecule has 0 aliphatic carbocycles. The van der Waals surface area contributed by atoms with E-state index in [1.54, 1.807) is 0 Å². The Labute approximate surface area is 189 Å². The number of rotatable bonds is 8. The van der Waals surface area contributed by atoms with E-state index in [1.807, 2.05) is 50.2 Å². The van der Waals surface area contributed by atoms with Gasteiger partial charge in [-0.05, 0) is 44.7 Å². The number of nitrogens with zero attached hydrogens (tertiary/aromatic N) is 2. The van der Waals surface area contributed by atoms with Gasteiger partial charge >= 0.3 is 0 Å². The number of piperazine rings is 1. The number of benzene rings is 2. The predicted octanol–water partition coefficient (Wildman–Crippen LogP) is 3.12. The molecule has 2 N–H and O–H groups in total. The molecular weight excluding hydrogens is 408 g/mol. The van der Waals surface area contributed by atoms with E-state index in [9.17, 15) is 9.59 Å². The number of hydrogen-bond donors (Lipinski definition) is 2. The van der Waals surface area contributed by atoms with Crippen LogP contribution in [-0.4, -0.2) is 60.9 Å². The number of thioether (sulfide) groups is 1. The largest absolute Gasteiger partial charge is 0.369 e. The van der Waals surface area contributed by atoms with Crippen LogP contribution in [0.3, 0.4) is 0 Å². The molecule has 2 amide bonds. The monoisotopic (exact) mass is 440 g/mol. The SMILES string of the molecule is Cc1ccc(NC(=O)CSC(C)C(=O)NCc2ccccc2N2CCN(C)CC2)cc1. The van der Waals surface area contributed by atoms with Crippen molar-refractivity contribution in [2.24, 2.45) is 0 Å². The summed E-state index contributed by atoms with van der Waals surface area (Å²) in [5.74, 6) is 0.0793. The summed E-state index contributed by atoms with van der Waals surface area (Å²) in [6.07, 6.45) is 0. The molecule has 31 heavy (non-hydrogen) atoms. The highest BCUT2D eigenvalue weighted by molar-refractivity contribution is 8.01. The Morgan fingerprint density at radius 1 is 1.03 bits per heavy atom. The highest BCUT2D eigenvalue weighted by Crippen LogP contribution is 2.22. The molecule has 1 atom stereocenters. The van der Waals surface area contributed by atoms with Gasteiger partial charge in [0.05, 0.1) is 11.0 Å². The highest BCUT2D eigenvalue weighted by atomic mass is 32.2. The molecule has 3 rings (SSSR count). The fraction of sp³-hybridized carbons (Fsp3) is 0.417. The summed E-state index contributed by atoms with van der Waals surface area (Å²) in [6.45, 7) is 8.39. The van der Waals surface area contributed by atoms with Gasteiger partial charge in [-0.25, -0.2) is 0 Å². The van der Waals surface area contributed by atoms with Crippen molar-refractivity contribution in [1.29, 1.82) is 0 Å². The zero-order valence-electron chi connectivity index (χ0n) is 18.6. The molecule has 0 saturated carbocycles. The van der Waals surface area contributed by atoms with Gasteiger partial charge in [0.25, 0.3) is 0 Å². The first-order chi connectivity index (χ1) is 14.9. The van der Waals surface area contributed by atoms with Crippen molar-refractivity contribution in [3.63, 3.8) is 0 Å². The Kier molecular flexibility index (Phi) is 8.37. The average molecular weight is 441 g/mol. The Hall–Kier alpha value is -2.51. The maximum absolute atomic E-state index is 12.6. The maximum Gasteiger partial charge on any atom is 0.234 e. The number of para-hydroxylation sites is 1. The molecule has 0 aromatic heterocycles. The predicted molar refractivity (Wildman–Crippen MR) is 130 cm³/mol. The molecule has 1 aliphatic rings. The zero-order chi connectivity index (χ0) is 22.2. The van der Waals surface area contributed by atoms with Gasteiger partial charge < -0.3 is 20.4 Å². The topological polar surface area (TPSA) is 64.7 Å². The van der Waals surface area contributed by atoms with Crippen molar-refractivity contribution in [2.45, 2.75) is 25.6 Å². The summed E-state index contributed by atoms with van der Waals surface area (Å²) in [6, 6.07) is 15.9. The van der Waals surface area contributed by atoms with Crippen molar-refractivity contribution < 1.29 is 9.59 Å². The van der Waals surface area contributed by atoms with Crippen LogP contribution in [0.4, 0.5) is 11.4 Å². The standard InChI is InChI=1S/C24H32N4O2S/c1-18-8-10-21(11-9-18)26-23(29)17-31-19(2)24(30)25-16-20-6-4-5-7-22(20)28-14-12-27(3)13-15-28/h4-11,19H,12-17H2,1-3H3,(H,25,30)(H,26,29). The summed E-state index contributed by atoms with van der Waals surface area (Å²) in [7, 11) is 2.14. The molecule has 1 unspecified atom stereocenters. The molecule has 0 radical (unpaired) electrons. The molecule has 1 saturated heterocycles. The molecule has 2 aromatic rings. The Morgan fingerprint density at radius 3 is 2.42 bits per heavy atom. The van der Waals surface area contributed by atoms with Crippen LogP contribution in [0.1, 0.15) is 18.1 Å². The van der Waals surface area contributed by atoms with Crippen LogP contribution in [0.5, 0.6) is 0 Å². The van der Waals surface area contributed by atoms with Crippen molar-refractivity contribution in [1.82, 2.24) is 10.2 Å². The molecule has 166 valence electrons. The molecule has 0 spiro atoms. The van der Waals surface area contributed by atoms with E-state index in [2.05, 4.69) is 39.6 Å². The quantitative estimate of drug-likeness (QED) is 0.660. The first kappa shape index (κ1) is 23.2. The molecule has 7 heteroatoms. The third kappa shape index (κ3) is 7.01. The number of nitrogens with one attached hydrogen (secondary N) is 2. The van der Waals surface area contributed by atoms with Crippen LogP contribution in [-0.2, 0) is 16.1 Å². The smallest absolute Gasteiger partial charge is 0.234 e. The Morgan fingerprint density at radius 2 is 1.71 bits per heavy atom. The third-order valence-electron chi connectivity index (χ3n) is 5.46. The highest BCUT2D eigenvalue weighted by Gasteiger charge is 2.19. The third-order valence-corrected chi connectivity index (χ3v) is 6.60. The van der Waals surface area contributed by atoms with Crippen LogP contribution in [0.15, 0.2) is 48.5 Å².